The van der Waals surface area contributed by atoms with Crippen molar-refractivity contribution >= 4 is 5.82 Å². The summed E-state index contributed by atoms with van der Waals surface area (Å²) in [5.41, 5.74) is 3.17. The standard InChI is InChI=1S/C21H27N3O2/c1-14-7-8-16-18(13-14)22-20(17-5-3-4-6-19(17)25)23-21(16)24-11-9-15(26-2)10-12-24/h3-6,14-15,25H,7-13H2,1-2H3/t14-/m1/s1. The number of piperidine rings is 1. The third-order valence-electron chi connectivity index (χ3n) is 5.72. The van der Waals surface area contributed by atoms with Crippen LogP contribution in [0.25, 0.3) is 11.4 Å². The topological polar surface area (TPSA) is 58.5 Å². The molecule has 0 unspecified atom stereocenters. The van der Waals surface area contributed by atoms with Crippen LogP contribution in [0.15, 0.2) is 24.3 Å². The molecule has 0 saturated carbocycles. The first kappa shape index (κ1) is 17.3. The van der Waals surface area contributed by atoms with E-state index in [0.29, 0.717) is 23.4 Å². The molecule has 1 aromatic heterocycles. The lowest BCUT2D eigenvalue weighted by Crippen LogP contribution is -2.38. The van der Waals surface area contributed by atoms with Crippen molar-refractivity contribution in [2.45, 2.75) is 45.1 Å². The van der Waals surface area contributed by atoms with Gasteiger partial charge >= 0.3 is 0 Å². The van der Waals surface area contributed by atoms with Crippen LogP contribution in [0.3, 0.4) is 0 Å². The summed E-state index contributed by atoms with van der Waals surface area (Å²) < 4.78 is 5.52. The normalized spacial score (nSPS) is 20.8. The molecular formula is C21H27N3O2. The van der Waals surface area contributed by atoms with Gasteiger partial charge in [-0.25, -0.2) is 9.97 Å². The Morgan fingerprint density at radius 3 is 2.62 bits per heavy atom. The van der Waals surface area contributed by atoms with Crippen LogP contribution in [-0.4, -0.2) is 41.4 Å². The van der Waals surface area contributed by atoms with E-state index in [0.717, 1.165) is 50.3 Å². The third-order valence-corrected chi connectivity index (χ3v) is 5.72. The number of ether oxygens (including phenoxy) is 1. The lowest BCUT2D eigenvalue weighted by atomic mass is 9.87. The average molecular weight is 353 g/mol. The average Bonchev–Trinajstić information content (AvgIpc) is 2.67. The molecule has 26 heavy (non-hydrogen) atoms. The van der Waals surface area contributed by atoms with Gasteiger partial charge in [-0.2, -0.15) is 0 Å². The molecule has 1 N–H and O–H groups in total. The van der Waals surface area contributed by atoms with E-state index < -0.39 is 0 Å². The Morgan fingerprint density at radius 1 is 1.12 bits per heavy atom. The van der Waals surface area contributed by atoms with E-state index in [4.69, 9.17) is 14.7 Å². The Hall–Kier alpha value is -2.14. The third kappa shape index (κ3) is 3.28. The highest BCUT2D eigenvalue weighted by Gasteiger charge is 2.27. The minimum absolute atomic E-state index is 0.236. The van der Waals surface area contributed by atoms with E-state index in [1.807, 2.05) is 18.2 Å². The van der Waals surface area contributed by atoms with Gasteiger partial charge in [0.25, 0.3) is 0 Å². The van der Waals surface area contributed by atoms with Crippen LogP contribution in [0, 0.1) is 5.92 Å². The van der Waals surface area contributed by atoms with Crippen LogP contribution in [0.1, 0.15) is 37.4 Å². The second-order valence-corrected chi connectivity index (χ2v) is 7.58. The van der Waals surface area contributed by atoms with E-state index >= 15 is 0 Å². The van der Waals surface area contributed by atoms with E-state index in [1.54, 1.807) is 13.2 Å². The van der Waals surface area contributed by atoms with Crippen LogP contribution in [0.5, 0.6) is 5.75 Å². The first-order valence-electron chi connectivity index (χ1n) is 9.61. The molecule has 1 aromatic carbocycles. The second kappa shape index (κ2) is 7.23. The number of methoxy groups -OCH3 is 1. The van der Waals surface area contributed by atoms with Crippen molar-refractivity contribution in [2.75, 3.05) is 25.1 Å². The van der Waals surface area contributed by atoms with E-state index in [-0.39, 0.29) is 5.75 Å². The Balaban J connectivity index is 1.76. The number of fused-ring (bicyclic) bond motifs is 1. The minimum Gasteiger partial charge on any atom is -0.507 e. The van der Waals surface area contributed by atoms with Crippen molar-refractivity contribution in [1.82, 2.24) is 9.97 Å². The van der Waals surface area contributed by atoms with E-state index in [2.05, 4.69) is 11.8 Å². The van der Waals surface area contributed by atoms with E-state index in [9.17, 15) is 5.11 Å². The Labute approximate surface area is 155 Å². The van der Waals surface area contributed by atoms with Gasteiger partial charge in [0.2, 0.25) is 0 Å². The van der Waals surface area contributed by atoms with Gasteiger partial charge in [0.1, 0.15) is 11.6 Å². The maximum atomic E-state index is 10.3. The molecule has 5 heteroatoms. The molecule has 0 radical (unpaired) electrons. The molecular weight excluding hydrogens is 326 g/mol. The van der Waals surface area contributed by atoms with Gasteiger partial charge in [-0.1, -0.05) is 19.1 Å². The molecule has 2 aromatic rings. The largest absolute Gasteiger partial charge is 0.507 e. The fourth-order valence-electron chi connectivity index (χ4n) is 4.11. The van der Waals surface area contributed by atoms with Crippen LogP contribution >= 0.6 is 0 Å². The number of para-hydroxylation sites is 1. The summed E-state index contributed by atoms with van der Waals surface area (Å²) in [6, 6.07) is 7.34. The summed E-state index contributed by atoms with van der Waals surface area (Å²) in [6.45, 7) is 4.20. The Morgan fingerprint density at radius 2 is 1.88 bits per heavy atom. The van der Waals surface area contributed by atoms with Gasteiger partial charge in [0.05, 0.1) is 17.4 Å². The molecule has 2 heterocycles. The fourth-order valence-corrected chi connectivity index (χ4v) is 4.11. The zero-order valence-electron chi connectivity index (χ0n) is 15.6. The number of rotatable bonds is 3. The summed E-state index contributed by atoms with van der Waals surface area (Å²) in [7, 11) is 1.80. The summed E-state index contributed by atoms with van der Waals surface area (Å²) in [4.78, 5) is 12.2. The molecule has 2 aliphatic rings. The maximum Gasteiger partial charge on any atom is 0.165 e. The quantitative estimate of drug-likeness (QED) is 0.914. The van der Waals surface area contributed by atoms with Crippen LogP contribution in [-0.2, 0) is 17.6 Å². The van der Waals surface area contributed by atoms with Crippen molar-refractivity contribution in [2.24, 2.45) is 5.92 Å². The molecule has 1 aliphatic carbocycles. The number of aromatic hydroxyl groups is 1. The highest BCUT2D eigenvalue weighted by Crippen LogP contribution is 2.35. The van der Waals surface area contributed by atoms with Crippen molar-refractivity contribution in [3.63, 3.8) is 0 Å². The highest BCUT2D eigenvalue weighted by molar-refractivity contribution is 5.66. The van der Waals surface area contributed by atoms with Gasteiger partial charge in [-0.15, -0.1) is 0 Å². The minimum atomic E-state index is 0.236. The monoisotopic (exact) mass is 353 g/mol. The first-order chi connectivity index (χ1) is 12.7. The number of hydrogen-bond donors (Lipinski definition) is 1. The molecule has 1 fully saturated rings. The van der Waals surface area contributed by atoms with Crippen LogP contribution in [0.2, 0.25) is 0 Å². The molecule has 1 aliphatic heterocycles. The molecule has 5 nitrogen and oxygen atoms in total. The second-order valence-electron chi connectivity index (χ2n) is 7.58. The zero-order chi connectivity index (χ0) is 18.1. The van der Waals surface area contributed by atoms with Crippen molar-refractivity contribution in [3.05, 3.63) is 35.5 Å². The van der Waals surface area contributed by atoms with Crippen molar-refractivity contribution in [1.29, 1.82) is 0 Å². The number of benzene rings is 1. The first-order valence-corrected chi connectivity index (χ1v) is 9.61. The smallest absolute Gasteiger partial charge is 0.165 e. The molecule has 0 bridgehead atoms. The summed E-state index contributed by atoms with van der Waals surface area (Å²) >= 11 is 0. The van der Waals surface area contributed by atoms with E-state index in [1.165, 1.54) is 12.0 Å². The molecule has 1 atom stereocenters. The SMILES string of the molecule is COC1CCN(c2nc(-c3ccccc3O)nc3c2CC[C@@H](C)C3)CC1. The number of phenolic OH excluding ortho intramolecular Hbond substituents is 1. The molecule has 138 valence electrons. The summed E-state index contributed by atoms with van der Waals surface area (Å²) in [5, 5.41) is 10.3. The van der Waals surface area contributed by atoms with Gasteiger partial charge in [-0.3, -0.25) is 0 Å². The number of nitrogens with zero attached hydrogens (tertiary/aromatic N) is 3. The number of hydrogen-bond acceptors (Lipinski definition) is 5. The Kier molecular flexibility index (Phi) is 4.81. The number of phenols is 1. The van der Waals surface area contributed by atoms with Crippen LogP contribution < -0.4 is 4.90 Å². The van der Waals surface area contributed by atoms with Crippen LogP contribution in [0.4, 0.5) is 5.82 Å². The lowest BCUT2D eigenvalue weighted by Gasteiger charge is -2.35. The predicted molar refractivity (Wildman–Crippen MR) is 103 cm³/mol. The predicted octanol–water partition coefficient (Wildman–Crippen LogP) is 3.59. The fraction of sp³-hybridized carbons (Fsp3) is 0.524. The lowest BCUT2D eigenvalue weighted by molar-refractivity contribution is 0.0817. The molecule has 1 saturated heterocycles. The summed E-state index contributed by atoms with van der Waals surface area (Å²) in [6.07, 6.45) is 5.61. The van der Waals surface area contributed by atoms with Crippen molar-refractivity contribution in [3.8, 4) is 17.1 Å². The maximum absolute atomic E-state index is 10.3. The molecule has 0 spiro atoms. The number of aromatic nitrogens is 2. The van der Waals surface area contributed by atoms with Gasteiger partial charge < -0.3 is 14.7 Å². The molecule has 4 rings (SSSR count). The van der Waals surface area contributed by atoms with Gasteiger partial charge in [0, 0.05) is 25.8 Å². The zero-order valence-corrected chi connectivity index (χ0v) is 15.6. The molecule has 0 amide bonds. The summed E-state index contributed by atoms with van der Waals surface area (Å²) in [5.74, 6) is 2.58. The Bertz CT molecular complexity index is 785. The van der Waals surface area contributed by atoms with Gasteiger partial charge in [-0.05, 0) is 50.2 Å². The number of anilines is 1. The highest BCUT2D eigenvalue weighted by atomic mass is 16.5. The van der Waals surface area contributed by atoms with Crippen molar-refractivity contribution < 1.29 is 9.84 Å². The van der Waals surface area contributed by atoms with Gasteiger partial charge in [0.15, 0.2) is 5.82 Å².